The van der Waals surface area contributed by atoms with Gasteiger partial charge in [0.1, 0.15) is 0 Å². The van der Waals surface area contributed by atoms with Crippen molar-refractivity contribution in [2.24, 2.45) is 0 Å². The molecule has 0 saturated carbocycles. The maximum absolute atomic E-state index is 8.70. The standard InChI is InChI=1S/C9H15ClN2OS/c1-12(4-5-13)3-2-9-11-8(6-10)7-14-9/h7,13H,2-6H2,1H3. The van der Waals surface area contributed by atoms with Gasteiger partial charge >= 0.3 is 0 Å². The molecule has 5 heteroatoms. The fraction of sp³-hybridized carbons (Fsp3) is 0.667. The Labute approximate surface area is 93.3 Å². The largest absolute Gasteiger partial charge is 0.395 e. The van der Waals surface area contributed by atoms with Gasteiger partial charge in [-0.1, -0.05) is 0 Å². The third-order valence-electron chi connectivity index (χ3n) is 1.93. The molecular formula is C9H15ClN2OS. The number of likely N-dealkylation sites (N-methyl/N-ethyl adjacent to an activating group) is 1. The number of alkyl halides is 1. The smallest absolute Gasteiger partial charge is 0.0941 e. The Hall–Kier alpha value is -0.160. The molecule has 0 bridgehead atoms. The molecule has 1 aromatic rings. The van der Waals surface area contributed by atoms with E-state index in [0.29, 0.717) is 12.4 Å². The van der Waals surface area contributed by atoms with Crippen molar-refractivity contribution in [1.29, 1.82) is 0 Å². The summed E-state index contributed by atoms with van der Waals surface area (Å²) in [6.45, 7) is 1.85. The number of aliphatic hydroxyl groups excluding tert-OH is 1. The monoisotopic (exact) mass is 234 g/mol. The molecule has 1 N–H and O–H groups in total. The van der Waals surface area contributed by atoms with Crippen LogP contribution >= 0.6 is 22.9 Å². The minimum absolute atomic E-state index is 0.210. The summed E-state index contributed by atoms with van der Waals surface area (Å²) in [7, 11) is 1.99. The quantitative estimate of drug-likeness (QED) is 0.755. The highest BCUT2D eigenvalue weighted by Crippen LogP contribution is 2.12. The molecule has 0 amide bonds. The Balaban J connectivity index is 2.30. The summed E-state index contributed by atoms with van der Waals surface area (Å²) < 4.78 is 0. The molecule has 0 saturated heterocycles. The fourth-order valence-corrected chi connectivity index (χ4v) is 2.11. The number of rotatable bonds is 6. The maximum atomic E-state index is 8.70. The Bertz CT molecular complexity index is 267. The second-order valence-electron chi connectivity index (χ2n) is 3.14. The average Bonchev–Trinajstić information content (AvgIpc) is 2.63. The Kier molecular flexibility index (Phi) is 5.40. The SMILES string of the molecule is CN(CCO)CCc1nc(CCl)cs1. The van der Waals surface area contributed by atoms with Crippen LogP contribution in [0.15, 0.2) is 5.38 Å². The molecular weight excluding hydrogens is 220 g/mol. The molecule has 80 valence electrons. The van der Waals surface area contributed by atoms with Crippen molar-refractivity contribution in [3.05, 3.63) is 16.1 Å². The van der Waals surface area contributed by atoms with E-state index < -0.39 is 0 Å². The van der Waals surface area contributed by atoms with Crippen LogP contribution in [0.25, 0.3) is 0 Å². The van der Waals surface area contributed by atoms with Crippen LogP contribution < -0.4 is 0 Å². The van der Waals surface area contributed by atoms with Crippen molar-refractivity contribution in [3.8, 4) is 0 Å². The van der Waals surface area contributed by atoms with Gasteiger partial charge in [0.15, 0.2) is 0 Å². The molecule has 0 radical (unpaired) electrons. The van der Waals surface area contributed by atoms with Crippen molar-refractivity contribution in [1.82, 2.24) is 9.88 Å². The summed E-state index contributed by atoms with van der Waals surface area (Å²) in [6, 6.07) is 0. The molecule has 0 aromatic carbocycles. The third kappa shape index (κ3) is 3.92. The van der Waals surface area contributed by atoms with Crippen LogP contribution in [-0.4, -0.2) is 41.7 Å². The lowest BCUT2D eigenvalue weighted by Crippen LogP contribution is -2.24. The van der Waals surface area contributed by atoms with Gasteiger partial charge in [-0.2, -0.15) is 0 Å². The van der Waals surface area contributed by atoms with Gasteiger partial charge in [0.05, 0.1) is 23.2 Å². The van der Waals surface area contributed by atoms with Crippen molar-refractivity contribution >= 4 is 22.9 Å². The number of nitrogens with zero attached hydrogens (tertiary/aromatic N) is 2. The topological polar surface area (TPSA) is 36.4 Å². The summed E-state index contributed by atoms with van der Waals surface area (Å²) in [4.78, 5) is 6.44. The lowest BCUT2D eigenvalue weighted by molar-refractivity contribution is 0.223. The van der Waals surface area contributed by atoms with Crippen molar-refractivity contribution in [3.63, 3.8) is 0 Å². The van der Waals surface area contributed by atoms with Crippen LogP contribution in [0, 0.1) is 0 Å². The molecule has 0 aliphatic carbocycles. The second kappa shape index (κ2) is 6.35. The lowest BCUT2D eigenvalue weighted by Gasteiger charge is -2.13. The molecule has 0 atom stereocenters. The van der Waals surface area contributed by atoms with E-state index in [1.165, 1.54) is 0 Å². The zero-order chi connectivity index (χ0) is 10.4. The Morgan fingerprint density at radius 2 is 2.36 bits per heavy atom. The van der Waals surface area contributed by atoms with Crippen LogP contribution in [0.1, 0.15) is 10.7 Å². The summed E-state index contributed by atoms with van der Waals surface area (Å²) in [5, 5.41) is 11.8. The summed E-state index contributed by atoms with van der Waals surface area (Å²) in [6.07, 6.45) is 0.929. The first-order valence-corrected chi connectivity index (χ1v) is 5.96. The van der Waals surface area contributed by atoms with Gasteiger partial charge in [0, 0.05) is 24.9 Å². The molecule has 1 heterocycles. The van der Waals surface area contributed by atoms with E-state index in [1.54, 1.807) is 11.3 Å². The van der Waals surface area contributed by atoms with Gasteiger partial charge in [-0.15, -0.1) is 22.9 Å². The highest BCUT2D eigenvalue weighted by Gasteiger charge is 2.02. The first kappa shape index (κ1) is 11.9. The van der Waals surface area contributed by atoms with Crippen LogP contribution in [0.5, 0.6) is 0 Å². The highest BCUT2D eigenvalue weighted by atomic mass is 35.5. The predicted octanol–water partition coefficient (Wildman–Crippen LogP) is 1.35. The number of halogens is 1. The summed E-state index contributed by atoms with van der Waals surface area (Å²) >= 11 is 7.30. The number of thiazole rings is 1. The van der Waals surface area contributed by atoms with Gasteiger partial charge in [-0.05, 0) is 7.05 Å². The first-order chi connectivity index (χ1) is 6.76. The van der Waals surface area contributed by atoms with E-state index in [-0.39, 0.29) is 6.61 Å². The van der Waals surface area contributed by atoms with Gasteiger partial charge < -0.3 is 10.0 Å². The highest BCUT2D eigenvalue weighted by molar-refractivity contribution is 7.09. The molecule has 0 aliphatic rings. The molecule has 0 aliphatic heterocycles. The van der Waals surface area contributed by atoms with Crippen molar-refractivity contribution < 1.29 is 5.11 Å². The zero-order valence-electron chi connectivity index (χ0n) is 8.24. The van der Waals surface area contributed by atoms with Crippen molar-refractivity contribution in [2.75, 3.05) is 26.7 Å². The molecule has 1 aromatic heterocycles. The minimum Gasteiger partial charge on any atom is -0.395 e. The van der Waals surface area contributed by atoms with Crippen molar-refractivity contribution in [2.45, 2.75) is 12.3 Å². The van der Waals surface area contributed by atoms with Gasteiger partial charge in [0.2, 0.25) is 0 Å². The van der Waals surface area contributed by atoms with Crippen LogP contribution in [0.4, 0.5) is 0 Å². The van der Waals surface area contributed by atoms with Crippen LogP contribution in [0.2, 0.25) is 0 Å². The molecule has 0 fully saturated rings. The maximum Gasteiger partial charge on any atom is 0.0941 e. The zero-order valence-corrected chi connectivity index (χ0v) is 9.81. The van der Waals surface area contributed by atoms with Crippen LogP contribution in [0.3, 0.4) is 0 Å². The normalized spacial score (nSPS) is 11.1. The van der Waals surface area contributed by atoms with E-state index >= 15 is 0 Å². The Morgan fingerprint density at radius 3 is 2.93 bits per heavy atom. The molecule has 14 heavy (non-hydrogen) atoms. The number of aromatic nitrogens is 1. The van der Waals surface area contributed by atoms with E-state index in [2.05, 4.69) is 9.88 Å². The van der Waals surface area contributed by atoms with E-state index in [1.807, 2.05) is 12.4 Å². The van der Waals surface area contributed by atoms with E-state index in [4.69, 9.17) is 16.7 Å². The first-order valence-electron chi connectivity index (χ1n) is 4.55. The van der Waals surface area contributed by atoms with E-state index in [9.17, 15) is 0 Å². The third-order valence-corrected chi connectivity index (χ3v) is 3.16. The Morgan fingerprint density at radius 1 is 1.57 bits per heavy atom. The van der Waals surface area contributed by atoms with Gasteiger partial charge in [0.25, 0.3) is 0 Å². The molecule has 0 unspecified atom stereocenters. The molecule has 0 spiro atoms. The number of hydrogen-bond donors (Lipinski definition) is 1. The average molecular weight is 235 g/mol. The fourth-order valence-electron chi connectivity index (χ4n) is 1.09. The lowest BCUT2D eigenvalue weighted by atomic mass is 10.4. The second-order valence-corrected chi connectivity index (χ2v) is 4.35. The summed E-state index contributed by atoms with van der Waals surface area (Å²) in [5.41, 5.74) is 0.955. The molecule has 1 rings (SSSR count). The predicted molar refractivity (Wildman–Crippen MR) is 60.0 cm³/mol. The van der Waals surface area contributed by atoms with Crippen LogP contribution in [-0.2, 0) is 12.3 Å². The number of aliphatic hydroxyl groups is 1. The minimum atomic E-state index is 0.210. The van der Waals surface area contributed by atoms with Gasteiger partial charge in [-0.3, -0.25) is 0 Å². The van der Waals surface area contributed by atoms with E-state index in [0.717, 1.165) is 23.7 Å². The molecule has 3 nitrogen and oxygen atoms in total. The van der Waals surface area contributed by atoms with Gasteiger partial charge in [-0.25, -0.2) is 4.98 Å². The number of hydrogen-bond acceptors (Lipinski definition) is 4. The summed E-state index contributed by atoms with van der Waals surface area (Å²) in [5.74, 6) is 0.489.